The van der Waals surface area contributed by atoms with Gasteiger partial charge in [0.05, 0.1) is 28.9 Å². The molecule has 1 amide bonds. The Morgan fingerprint density at radius 2 is 1.97 bits per heavy atom. The van der Waals surface area contributed by atoms with Gasteiger partial charge in [-0.1, -0.05) is 6.08 Å². The van der Waals surface area contributed by atoms with Gasteiger partial charge in [-0.3, -0.25) is 18.6 Å². The van der Waals surface area contributed by atoms with Crippen LogP contribution in [0.15, 0.2) is 41.5 Å². The van der Waals surface area contributed by atoms with Crippen LogP contribution in [0.4, 0.5) is 0 Å². The third-order valence-electron chi connectivity index (χ3n) is 7.51. The van der Waals surface area contributed by atoms with Crippen LogP contribution in [0.3, 0.4) is 0 Å². The van der Waals surface area contributed by atoms with E-state index in [1.165, 1.54) is 5.57 Å². The van der Waals surface area contributed by atoms with Crippen molar-refractivity contribution >= 4 is 22.5 Å². The van der Waals surface area contributed by atoms with Crippen LogP contribution >= 0.6 is 0 Å². The Morgan fingerprint density at radius 1 is 1.18 bits per heavy atom. The molecule has 8 nitrogen and oxygen atoms in total. The highest BCUT2D eigenvalue weighted by Crippen LogP contribution is 2.32. The number of nitriles is 1. The normalized spacial score (nSPS) is 20.9. The Balaban J connectivity index is 1.21. The first kappa shape index (κ1) is 22.2. The summed E-state index contributed by atoms with van der Waals surface area (Å²) in [6.07, 6.45) is 10.5. The number of fused-ring (bicyclic) bond motifs is 1. The topological polar surface area (TPSA) is 88.9 Å². The number of benzene rings is 1. The highest BCUT2D eigenvalue weighted by Gasteiger charge is 2.31. The molecule has 0 unspecified atom stereocenters. The largest absolute Gasteiger partial charge is 0.338 e. The van der Waals surface area contributed by atoms with E-state index in [0.29, 0.717) is 24.6 Å². The number of carbonyl (C=O) groups is 1. The van der Waals surface area contributed by atoms with Crippen molar-refractivity contribution in [2.24, 2.45) is 25.9 Å². The highest BCUT2D eigenvalue weighted by molar-refractivity contribution is 5.80. The monoisotopic (exact) mass is 458 g/mol. The van der Waals surface area contributed by atoms with Gasteiger partial charge < -0.3 is 4.90 Å². The predicted octanol–water partition coefficient (Wildman–Crippen LogP) is 3.07. The summed E-state index contributed by atoms with van der Waals surface area (Å²) < 4.78 is 5.26. The van der Waals surface area contributed by atoms with E-state index in [2.05, 4.69) is 17.2 Å². The molecule has 0 saturated heterocycles. The molecule has 0 bridgehead atoms. The zero-order chi connectivity index (χ0) is 23.8. The first-order valence-corrected chi connectivity index (χ1v) is 12.0. The Labute approximate surface area is 198 Å². The minimum Gasteiger partial charge on any atom is -0.338 e. The molecule has 34 heavy (non-hydrogen) atoms. The number of imidazole rings is 1. The molecule has 0 radical (unpaired) electrons. The fraction of sp³-hybridized carbons (Fsp3) is 0.462. The summed E-state index contributed by atoms with van der Waals surface area (Å²) in [5.41, 5.74) is 4.57. The van der Waals surface area contributed by atoms with Gasteiger partial charge in [0.2, 0.25) is 5.91 Å². The van der Waals surface area contributed by atoms with Gasteiger partial charge in [0.25, 0.3) is 0 Å². The van der Waals surface area contributed by atoms with Crippen LogP contribution in [0.5, 0.6) is 0 Å². The number of aryl methyl sites for hydroxylation is 2. The van der Waals surface area contributed by atoms with Gasteiger partial charge in [0.15, 0.2) is 0 Å². The maximum atomic E-state index is 13.2. The number of nitrogens with zero attached hydrogens (tertiary/aromatic N) is 6. The van der Waals surface area contributed by atoms with Gasteiger partial charge in [-0.05, 0) is 61.8 Å². The molecule has 2 aromatic heterocycles. The molecule has 5 rings (SSSR count). The zero-order valence-corrected chi connectivity index (χ0v) is 19.8. The molecule has 3 aromatic rings. The summed E-state index contributed by atoms with van der Waals surface area (Å²) in [6.45, 7) is 2.05. The van der Waals surface area contributed by atoms with Crippen molar-refractivity contribution in [3.63, 3.8) is 0 Å². The SMILES string of the molecule is Cn1cc(C2=CCN(C(=O)C3CCC(Cn4c(=O)n(C)c5ccc(C#N)cc54)CC3)CC2)cn1. The average Bonchev–Trinajstić information content (AvgIpc) is 3.41. The predicted molar refractivity (Wildman–Crippen MR) is 130 cm³/mol. The highest BCUT2D eigenvalue weighted by atomic mass is 16.2. The lowest BCUT2D eigenvalue weighted by molar-refractivity contribution is -0.136. The number of hydrogen-bond acceptors (Lipinski definition) is 4. The molecular weight excluding hydrogens is 428 g/mol. The molecule has 1 aromatic carbocycles. The van der Waals surface area contributed by atoms with E-state index in [0.717, 1.165) is 55.2 Å². The summed E-state index contributed by atoms with van der Waals surface area (Å²) in [4.78, 5) is 28.0. The maximum absolute atomic E-state index is 13.2. The van der Waals surface area contributed by atoms with Crippen molar-refractivity contribution in [2.45, 2.75) is 38.6 Å². The van der Waals surface area contributed by atoms with Crippen LogP contribution in [0.2, 0.25) is 0 Å². The van der Waals surface area contributed by atoms with Crippen LogP contribution in [-0.4, -0.2) is 42.8 Å². The third-order valence-corrected chi connectivity index (χ3v) is 7.51. The second kappa shape index (κ2) is 8.98. The maximum Gasteiger partial charge on any atom is 0.328 e. The first-order valence-electron chi connectivity index (χ1n) is 12.0. The van der Waals surface area contributed by atoms with E-state index >= 15 is 0 Å². The van der Waals surface area contributed by atoms with E-state index in [1.54, 1.807) is 33.0 Å². The smallest absolute Gasteiger partial charge is 0.328 e. The van der Waals surface area contributed by atoms with Gasteiger partial charge >= 0.3 is 5.69 Å². The number of rotatable bonds is 4. The molecule has 1 aliphatic heterocycles. The quantitative estimate of drug-likeness (QED) is 0.601. The molecule has 3 heterocycles. The first-order chi connectivity index (χ1) is 16.4. The molecule has 1 fully saturated rings. The van der Waals surface area contributed by atoms with Gasteiger partial charge in [-0.25, -0.2) is 4.79 Å². The summed E-state index contributed by atoms with van der Waals surface area (Å²) >= 11 is 0. The lowest BCUT2D eigenvalue weighted by Crippen LogP contribution is -2.40. The van der Waals surface area contributed by atoms with Crippen molar-refractivity contribution in [2.75, 3.05) is 13.1 Å². The Hall–Kier alpha value is -3.60. The number of hydrogen-bond donors (Lipinski definition) is 0. The Kier molecular flexibility index (Phi) is 5.86. The van der Waals surface area contributed by atoms with Crippen molar-refractivity contribution in [3.05, 3.63) is 58.3 Å². The van der Waals surface area contributed by atoms with E-state index in [-0.39, 0.29) is 17.5 Å². The molecule has 0 spiro atoms. The van der Waals surface area contributed by atoms with Gasteiger partial charge in [-0.15, -0.1) is 0 Å². The molecule has 1 aliphatic carbocycles. The van der Waals surface area contributed by atoms with Crippen LogP contribution in [-0.2, 0) is 25.4 Å². The number of aromatic nitrogens is 4. The zero-order valence-electron chi connectivity index (χ0n) is 19.8. The lowest BCUT2D eigenvalue weighted by Gasteiger charge is -2.33. The molecule has 176 valence electrons. The fourth-order valence-electron chi connectivity index (χ4n) is 5.48. The standard InChI is InChI=1S/C26H30N6O2/c1-29-17-22(15-28-29)20-9-11-31(12-10-20)25(33)21-6-3-18(4-7-21)16-32-24-13-19(14-27)5-8-23(24)30(2)26(32)34/h5,8-9,13,15,17-18,21H,3-4,6-7,10-12,16H2,1-2H3. The van der Waals surface area contributed by atoms with Gasteiger partial charge in [0.1, 0.15) is 0 Å². The summed E-state index contributed by atoms with van der Waals surface area (Å²) in [5.74, 6) is 0.691. The minimum absolute atomic E-state index is 0.0483. The van der Waals surface area contributed by atoms with Crippen molar-refractivity contribution in [1.82, 2.24) is 23.8 Å². The van der Waals surface area contributed by atoms with E-state index in [4.69, 9.17) is 0 Å². The molecule has 0 N–H and O–H groups in total. The van der Waals surface area contributed by atoms with E-state index in [9.17, 15) is 14.9 Å². The van der Waals surface area contributed by atoms with E-state index < -0.39 is 0 Å². The Bertz CT molecular complexity index is 1360. The minimum atomic E-state index is -0.0483. The van der Waals surface area contributed by atoms with Crippen LogP contribution in [0, 0.1) is 23.2 Å². The van der Waals surface area contributed by atoms with Crippen molar-refractivity contribution in [3.8, 4) is 6.07 Å². The molecule has 2 aliphatic rings. The third kappa shape index (κ3) is 4.07. The molecule has 1 saturated carbocycles. The van der Waals surface area contributed by atoms with Crippen LogP contribution in [0.1, 0.15) is 43.2 Å². The van der Waals surface area contributed by atoms with Crippen molar-refractivity contribution in [1.29, 1.82) is 5.26 Å². The van der Waals surface area contributed by atoms with Crippen LogP contribution < -0.4 is 5.69 Å². The van der Waals surface area contributed by atoms with Gasteiger partial charge in [-0.2, -0.15) is 10.4 Å². The van der Waals surface area contributed by atoms with Crippen molar-refractivity contribution < 1.29 is 4.79 Å². The summed E-state index contributed by atoms with van der Waals surface area (Å²) in [6, 6.07) is 7.56. The number of carbonyl (C=O) groups excluding carboxylic acids is 1. The summed E-state index contributed by atoms with van der Waals surface area (Å²) in [5, 5.41) is 13.5. The van der Waals surface area contributed by atoms with Crippen LogP contribution in [0.25, 0.3) is 16.6 Å². The second-order valence-corrected chi connectivity index (χ2v) is 9.65. The lowest BCUT2D eigenvalue weighted by atomic mass is 9.81. The molecule has 0 atom stereocenters. The Morgan fingerprint density at radius 3 is 2.62 bits per heavy atom. The average molecular weight is 459 g/mol. The van der Waals surface area contributed by atoms with Gasteiger partial charge in [0, 0.05) is 51.4 Å². The second-order valence-electron chi connectivity index (χ2n) is 9.65. The summed E-state index contributed by atoms with van der Waals surface area (Å²) in [7, 11) is 3.69. The fourth-order valence-corrected chi connectivity index (χ4v) is 5.48. The number of amides is 1. The van der Waals surface area contributed by atoms with E-state index in [1.807, 2.05) is 30.4 Å². The molecular formula is C26H30N6O2. The molecule has 8 heteroatoms.